The average molecular weight is 399 g/mol. The van der Waals surface area contributed by atoms with Crippen molar-refractivity contribution in [3.8, 4) is 0 Å². The molecule has 0 bridgehead atoms. The lowest BCUT2D eigenvalue weighted by atomic mass is 10.0. The van der Waals surface area contributed by atoms with Gasteiger partial charge in [0.2, 0.25) is 15.9 Å². The van der Waals surface area contributed by atoms with Gasteiger partial charge < -0.3 is 4.90 Å². The zero-order valence-corrected chi connectivity index (χ0v) is 17.2. The monoisotopic (exact) mass is 398 g/mol. The van der Waals surface area contributed by atoms with Gasteiger partial charge in [-0.05, 0) is 80.0 Å². The highest BCUT2D eigenvalue weighted by Gasteiger charge is 2.25. The number of benzene rings is 2. The SMILES string of the molecule is Cc1cc(S(=O)(=O)N[C@@H](C)c2ccc3c(c2)CCC3)ccc1N1CCCC1=O. The zero-order chi connectivity index (χ0) is 19.9. The molecule has 1 heterocycles. The highest BCUT2D eigenvalue weighted by molar-refractivity contribution is 7.89. The first-order valence-electron chi connectivity index (χ1n) is 9.90. The third kappa shape index (κ3) is 3.59. The van der Waals surface area contributed by atoms with Crippen molar-refractivity contribution in [2.24, 2.45) is 0 Å². The maximum atomic E-state index is 12.9. The first-order chi connectivity index (χ1) is 13.3. The Morgan fingerprint density at radius 1 is 1.00 bits per heavy atom. The Kier molecular flexibility index (Phi) is 5.02. The summed E-state index contributed by atoms with van der Waals surface area (Å²) in [4.78, 5) is 14.0. The lowest BCUT2D eigenvalue weighted by Crippen LogP contribution is -2.28. The van der Waals surface area contributed by atoms with Crippen LogP contribution in [0.5, 0.6) is 0 Å². The van der Waals surface area contributed by atoms with Crippen LogP contribution >= 0.6 is 0 Å². The Balaban J connectivity index is 1.54. The lowest BCUT2D eigenvalue weighted by Gasteiger charge is -2.20. The summed E-state index contributed by atoms with van der Waals surface area (Å²) >= 11 is 0. The van der Waals surface area contributed by atoms with Crippen molar-refractivity contribution in [1.29, 1.82) is 0 Å². The molecule has 28 heavy (non-hydrogen) atoms. The second-order valence-corrected chi connectivity index (χ2v) is 9.54. The summed E-state index contributed by atoms with van der Waals surface area (Å²) in [6, 6.07) is 10.9. The number of amides is 1. The maximum Gasteiger partial charge on any atom is 0.241 e. The molecule has 0 aromatic heterocycles. The number of aryl methyl sites for hydroxylation is 3. The van der Waals surface area contributed by atoms with Crippen molar-refractivity contribution in [1.82, 2.24) is 4.72 Å². The first-order valence-corrected chi connectivity index (χ1v) is 11.4. The molecule has 148 valence electrons. The molecule has 1 aliphatic carbocycles. The van der Waals surface area contributed by atoms with E-state index in [1.807, 2.05) is 19.9 Å². The van der Waals surface area contributed by atoms with Gasteiger partial charge in [-0.3, -0.25) is 4.79 Å². The number of carbonyl (C=O) groups is 1. The topological polar surface area (TPSA) is 66.5 Å². The van der Waals surface area contributed by atoms with E-state index >= 15 is 0 Å². The standard InChI is InChI=1S/C22H26N2O3S/c1-15-13-20(10-11-21(15)24-12-4-7-22(24)25)28(26,27)23-16(2)18-9-8-17-5-3-6-19(17)14-18/h8-11,13-14,16,23H,3-7,12H2,1-2H3/t16-/m0/s1. The minimum atomic E-state index is -3.65. The third-order valence-electron chi connectivity index (χ3n) is 5.80. The largest absolute Gasteiger partial charge is 0.312 e. The van der Waals surface area contributed by atoms with Gasteiger partial charge >= 0.3 is 0 Å². The van der Waals surface area contributed by atoms with Gasteiger partial charge in [-0.2, -0.15) is 0 Å². The molecule has 0 saturated carbocycles. The van der Waals surface area contributed by atoms with Crippen LogP contribution in [0, 0.1) is 6.92 Å². The normalized spacial score (nSPS) is 17.8. The molecular formula is C22H26N2O3S. The molecule has 2 aromatic rings. The molecule has 1 aliphatic heterocycles. The van der Waals surface area contributed by atoms with Crippen LogP contribution in [0.3, 0.4) is 0 Å². The van der Waals surface area contributed by atoms with Crippen molar-refractivity contribution in [2.45, 2.75) is 56.9 Å². The molecule has 1 saturated heterocycles. The summed E-state index contributed by atoms with van der Waals surface area (Å²) in [6.45, 7) is 4.42. The number of anilines is 1. The summed E-state index contributed by atoms with van der Waals surface area (Å²) in [5, 5.41) is 0. The van der Waals surface area contributed by atoms with Crippen molar-refractivity contribution in [2.75, 3.05) is 11.4 Å². The number of hydrogen-bond acceptors (Lipinski definition) is 3. The van der Waals surface area contributed by atoms with Crippen LogP contribution in [0.1, 0.15) is 54.5 Å². The Labute approximate surface area is 166 Å². The first kappa shape index (κ1) is 19.2. The van der Waals surface area contributed by atoms with Crippen molar-refractivity contribution in [3.05, 3.63) is 58.7 Å². The molecule has 6 heteroatoms. The zero-order valence-electron chi connectivity index (χ0n) is 16.4. The second kappa shape index (κ2) is 7.33. The van der Waals surface area contributed by atoms with Crippen LogP contribution in [-0.2, 0) is 27.7 Å². The fourth-order valence-corrected chi connectivity index (χ4v) is 5.55. The quantitative estimate of drug-likeness (QED) is 0.836. The molecule has 2 aliphatic rings. The summed E-state index contributed by atoms with van der Waals surface area (Å²) < 4.78 is 28.6. The van der Waals surface area contributed by atoms with Crippen LogP contribution in [0.2, 0.25) is 0 Å². The van der Waals surface area contributed by atoms with Gasteiger partial charge in [-0.1, -0.05) is 18.2 Å². The summed E-state index contributed by atoms with van der Waals surface area (Å²) in [6.07, 6.45) is 4.75. The van der Waals surface area contributed by atoms with Crippen LogP contribution in [0.15, 0.2) is 41.3 Å². The van der Waals surface area contributed by atoms with E-state index < -0.39 is 10.0 Å². The number of carbonyl (C=O) groups excluding carboxylic acids is 1. The number of fused-ring (bicyclic) bond motifs is 1. The molecule has 0 unspecified atom stereocenters. The number of hydrogen-bond donors (Lipinski definition) is 1. The van der Waals surface area contributed by atoms with E-state index in [9.17, 15) is 13.2 Å². The van der Waals surface area contributed by atoms with Crippen molar-refractivity contribution < 1.29 is 13.2 Å². The highest BCUT2D eigenvalue weighted by Crippen LogP contribution is 2.29. The van der Waals surface area contributed by atoms with E-state index in [1.54, 1.807) is 23.1 Å². The van der Waals surface area contributed by atoms with Crippen LogP contribution < -0.4 is 9.62 Å². The molecule has 0 radical (unpaired) electrons. The Bertz CT molecular complexity index is 1030. The van der Waals surface area contributed by atoms with Gasteiger partial charge in [-0.15, -0.1) is 0 Å². The van der Waals surface area contributed by atoms with Crippen LogP contribution in [0.25, 0.3) is 0 Å². The molecule has 2 aromatic carbocycles. The molecule has 1 N–H and O–H groups in total. The predicted octanol–water partition coefficient (Wildman–Crippen LogP) is 3.65. The van der Waals surface area contributed by atoms with E-state index in [0.717, 1.165) is 36.1 Å². The molecule has 5 nitrogen and oxygen atoms in total. The highest BCUT2D eigenvalue weighted by atomic mass is 32.2. The van der Waals surface area contributed by atoms with Gasteiger partial charge in [0, 0.05) is 24.7 Å². The van der Waals surface area contributed by atoms with Crippen LogP contribution in [-0.4, -0.2) is 20.9 Å². The smallest absolute Gasteiger partial charge is 0.241 e. The number of nitrogens with one attached hydrogen (secondary N) is 1. The average Bonchev–Trinajstić information content (AvgIpc) is 3.29. The maximum absolute atomic E-state index is 12.9. The van der Waals surface area contributed by atoms with Crippen molar-refractivity contribution in [3.63, 3.8) is 0 Å². The summed E-state index contributed by atoms with van der Waals surface area (Å²) in [7, 11) is -3.65. The second-order valence-electron chi connectivity index (χ2n) is 7.82. The van der Waals surface area contributed by atoms with Crippen LogP contribution in [0.4, 0.5) is 5.69 Å². The Morgan fingerprint density at radius 2 is 1.79 bits per heavy atom. The molecule has 4 rings (SSSR count). The number of sulfonamides is 1. The van der Waals surface area contributed by atoms with E-state index in [2.05, 4.69) is 16.9 Å². The number of rotatable bonds is 5. The lowest BCUT2D eigenvalue weighted by molar-refractivity contribution is -0.117. The predicted molar refractivity (Wildman–Crippen MR) is 110 cm³/mol. The minimum Gasteiger partial charge on any atom is -0.312 e. The van der Waals surface area contributed by atoms with Gasteiger partial charge in [0.1, 0.15) is 0 Å². The van der Waals surface area contributed by atoms with Gasteiger partial charge in [0.05, 0.1) is 4.90 Å². The fourth-order valence-electron chi connectivity index (χ4n) is 4.23. The van der Waals surface area contributed by atoms with Crippen molar-refractivity contribution >= 4 is 21.6 Å². The van der Waals surface area contributed by atoms with Gasteiger partial charge in [0.15, 0.2) is 0 Å². The van der Waals surface area contributed by atoms with Gasteiger partial charge in [-0.25, -0.2) is 13.1 Å². The minimum absolute atomic E-state index is 0.0991. The Hall–Kier alpha value is -2.18. The molecule has 0 spiro atoms. The van der Waals surface area contributed by atoms with Gasteiger partial charge in [0.25, 0.3) is 0 Å². The Morgan fingerprint density at radius 3 is 2.50 bits per heavy atom. The molecular weight excluding hydrogens is 372 g/mol. The fraction of sp³-hybridized carbons (Fsp3) is 0.409. The molecule has 1 atom stereocenters. The van der Waals surface area contributed by atoms with E-state index in [1.165, 1.54) is 17.5 Å². The summed E-state index contributed by atoms with van der Waals surface area (Å²) in [5.74, 6) is 0.0991. The summed E-state index contributed by atoms with van der Waals surface area (Å²) in [5.41, 5.74) is 5.29. The molecule has 1 amide bonds. The number of nitrogens with zero attached hydrogens (tertiary/aromatic N) is 1. The van der Waals surface area contributed by atoms with E-state index in [4.69, 9.17) is 0 Å². The van der Waals surface area contributed by atoms with E-state index in [-0.39, 0.29) is 16.8 Å². The van der Waals surface area contributed by atoms with E-state index in [0.29, 0.717) is 13.0 Å². The molecule has 1 fully saturated rings. The third-order valence-corrected chi connectivity index (χ3v) is 7.34.